The molecule has 2 aromatic rings. The van der Waals surface area contributed by atoms with Crippen LogP contribution in [-0.4, -0.2) is 17.9 Å². The smallest absolute Gasteiger partial charge is 0.289 e. The fraction of sp³-hybridized carbons (Fsp3) is 0.214. The summed E-state index contributed by atoms with van der Waals surface area (Å²) in [5, 5.41) is 0. The Morgan fingerprint density at radius 1 is 1.28 bits per heavy atom. The first-order valence-corrected chi connectivity index (χ1v) is 6.42. The maximum Gasteiger partial charge on any atom is 0.289 e. The van der Waals surface area contributed by atoms with Crippen molar-refractivity contribution in [2.24, 2.45) is 0 Å². The number of benzene rings is 1. The summed E-state index contributed by atoms with van der Waals surface area (Å²) in [7, 11) is 1.76. The van der Waals surface area contributed by atoms with Gasteiger partial charge >= 0.3 is 0 Å². The van der Waals surface area contributed by atoms with Gasteiger partial charge in [-0.15, -0.1) is 0 Å². The summed E-state index contributed by atoms with van der Waals surface area (Å²) in [5.74, 6) is 1.01. The van der Waals surface area contributed by atoms with Gasteiger partial charge in [-0.25, -0.2) is 0 Å². The molecule has 1 aromatic heterocycles. The van der Waals surface area contributed by atoms with E-state index in [9.17, 15) is 4.79 Å². The van der Waals surface area contributed by atoms with Crippen LogP contribution in [0.15, 0.2) is 45.3 Å². The zero-order valence-corrected chi connectivity index (χ0v) is 11.9. The molecular weight excluding hydrogens is 294 g/mol. The lowest BCUT2D eigenvalue weighted by molar-refractivity contribution is 0.0752. The average molecular weight is 308 g/mol. The fourth-order valence-corrected chi connectivity index (χ4v) is 2.10. The highest BCUT2D eigenvalue weighted by Crippen LogP contribution is 2.18. The van der Waals surface area contributed by atoms with Gasteiger partial charge in [0.05, 0.1) is 0 Å². The first-order chi connectivity index (χ1) is 8.58. The van der Waals surface area contributed by atoms with Gasteiger partial charge in [-0.1, -0.05) is 34.1 Å². The number of hydrogen-bond donors (Lipinski definition) is 0. The van der Waals surface area contributed by atoms with Crippen LogP contribution in [0.2, 0.25) is 0 Å². The molecule has 2 rings (SSSR count). The number of furan rings is 1. The number of nitrogens with zero attached hydrogens (tertiary/aromatic N) is 1. The molecule has 0 saturated heterocycles. The minimum atomic E-state index is -0.112. The lowest BCUT2D eigenvalue weighted by Gasteiger charge is -2.16. The number of amides is 1. The molecule has 0 spiro atoms. The Bertz CT molecular complexity index is 562. The monoisotopic (exact) mass is 307 g/mol. The van der Waals surface area contributed by atoms with E-state index in [1.54, 1.807) is 24.1 Å². The van der Waals surface area contributed by atoms with Crippen LogP contribution in [0.1, 0.15) is 21.9 Å². The van der Waals surface area contributed by atoms with Crippen LogP contribution in [-0.2, 0) is 6.54 Å². The van der Waals surface area contributed by atoms with Crippen LogP contribution in [0.5, 0.6) is 0 Å². The molecule has 0 aliphatic heterocycles. The largest absolute Gasteiger partial charge is 0.456 e. The third-order valence-corrected chi connectivity index (χ3v) is 3.44. The minimum absolute atomic E-state index is 0.112. The number of hydrogen-bond acceptors (Lipinski definition) is 2. The summed E-state index contributed by atoms with van der Waals surface area (Å²) in [6.07, 6.45) is 0. The Balaban J connectivity index is 2.11. The van der Waals surface area contributed by atoms with E-state index in [1.807, 2.05) is 31.2 Å². The molecule has 0 aliphatic carbocycles. The Kier molecular flexibility index (Phi) is 3.87. The van der Waals surface area contributed by atoms with E-state index < -0.39 is 0 Å². The minimum Gasteiger partial charge on any atom is -0.456 e. The molecule has 0 saturated carbocycles. The van der Waals surface area contributed by atoms with Gasteiger partial charge in [0.15, 0.2) is 5.76 Å². The average Bonchev–Trinajstić information content (AvgIpc) is 2.78. The lowest BCUT2D eigenvalue weighted by Crippen LogP contribution is -2.25. The van der Waals surface area contributed by atoms with Crippen LogP contribution in [0, 0.1) is 6.92 Å². The van der Waals surface area contributed by atoms with E-state index in [-0.39, 0.29) is 5.91 Å². The molecule has 1 aromatic carbocycles. The molecule has 18 heavy (non-hydrogen) atoms. The molecule has 94 valence electrons. The van der Waals surface area contributed by atoms with Gasteiger partial charge in [0, 0.05) is 18.1 Å². The molecule has 0 bridgehead atoms. The highest BCUT2D eigenvalue weighted by molar-refractivity contribution is 9.10. The van der Waals surface area contributed by atoms with Crippen LogP contribution < -0.4 is 0 Å². The van der Waals surface area contributed by atoms with Crippen LogP contribution >= 0.6 is 15.9 Å². The number of aryl methyl sites for hydroxylation is 1. The van der Waals surface area contributed by atoms with Crippen molar-refractivity contribution in [1.29, 1.82) is 0 Å². The summed E-state index contributed by atoms with van der Waals surface area (Å²) in [4.78, 5) is 13.7. The molecular formula is C14H14BrNO2. The molecule has 0 fully saturated rings. The highest BCUT2D eigenvalue weighted by atomic mass is 79.9. The molecule has 3 nitrogen and oxygen atoms in total. The van der Waals surface area contributed by atoms with Crippen molar-refractivity contribution in [3.05, 3.63) is 58.0 Å². The van der Waals surface area contributed by atoms with Gasteiger partial charge in [-0.3, -0.25) is 4.79 Å². The predicted octanol–water partition coefficient (Wildman–Crippen LogP) is 3.62. The highest BCUT2D eigenvalue weighted by Gasteiger charge is 2.16. The predicted molar refractivity (Wildman–Crippen MR) is 73.4 cm³/mol. The SMILES string of the molecule is Cc1ccc(C(=O)N(C)Cc2ccccc2Br)o1. The fourth-order valence-electron chi connectivity index (χ4n) is 1.69. The van der Waals surface area contributed by atoms with Crippen molar-refractivity contribution in [3.8, 4) is 0 Å². The van der Waals surface area contributed by atoms with Crippen LogP contribution in [0.25, 0.3) is 0 Å². The Hall–Kier alpha value is -1.55. The zero-order valence-electron chi connectivity index (χ0n) is 10.3. The second kappa shape index (κ2) is 5.40. The van der Waals surface area contributed by atoms with Crippen molar-refractivity contribution in [2.75, 3.05) is 7.05 Å². The first kappa shape index (κ1) is 12.9. The maximum atomic E-state index is 12.1. The lowest BCUT2D eigenvalue weighted by atomic mass is 10.2. The van der Waals surface area contributed by atoms with E-state index in [4.69, 9.17) is 4.42 Å². The summed E-state index contributed by atoms with van der Waals surface area (Å²) in [6, 6.07) is 11.3. The van der Waals surface area contributed by atoms with E-state index in [0.717, 1.165) is 15.8 Å². The molecule has 1 amide bonds. The van der Waals surface area contributed by atoms with Crippen LogP contribution in [0.3, 0.4) is 0 Å². The molecule has 0 N–H and O–H groups in total. The molecule has 0 radical (unpaired) electrons. The van der Waals surface area contributed by atoms with Gasteiger partial charge < -0.3 is 9.32 Å². The second-order valence-corrected chi connectivity index (χ2v) is 5.02. The van der Waals surface area contributed by atoms with Crippen molar-refractivity contribution in [3.63, 3.8) is 0 Å². The normalized spacial score (nSPS) is 10.4. The van der Waals surface area contributed by atoms with E-state index >= 15 is 0 Å². The summed E-state index contributed by atoms with van der Waals surface area (Å²) < 4.78 is 6.33. The molecule has 0 aliphatic rings. The van der Waals surface area contributed by atoms with E-state index in [2.05, 4.69) is 15.9 Å². The molecule has 4 heteroatoms. The maximum absolute atomic E-state index is 12.1. The van der Waals surface area contributed by atoms with Crippen molar-refractivity contribution >= 4 is 21.8 Å². The van der Waals surface area contributed by atoms with Gasteiger partial charge in [-0.2, -0.15) is 0 Å². The summed E-state index contributed by atoms with van der Waals surface area (Å²) >= 11 is 3.47. The molecule has 0 unspecified atom stereocenters. The van der Waals surface area contributed by atoms with E-state index in [1.165, 1.54) is 0 Å². The standard InChI is InChI=1S/C14H14BrNO2/c1-10-7-8-13(18-10)14(17)16(2)9-11-5-3-4-6-12(11)15/h3-8H,9H2,1-2H3. The van der Waals surface area contributed by atoms with E-state index in [0.29, 0.717) is 12.3 Å². The number of rotatable bonds is 3. The Labute approximate surface area is 115 Å². The molecule has 0 atom stereocenters. The quantitative estimate of drug-likeness (QED) is 0.867. The van der Waals surface area contributed by atoms with Gasteiger partial charge in [0.25, 0.3) is 5.91 Å². The third kappa shape index (κ3) is 2.82. The topological polar surface area (TPSA) is 33.5 Å². The Morgan fingerprint density at radius 3 is 2.61 bits per heavy atom. The first-order valence-electron chi connectivity index (χ1n) is 5.63. The second-order valence-electron chi connectivity index (χ2n) is 4.16. The number of halogens is 1. The summed E-state index contributed by atoms with van der Waals surface area (Å²) in [6.45, 7) is 2.37. The van der Waals surface area contributed by atoms with Gasteiger partial charge in [0.2, 0.25) is 0 Å². The van der Waals surface area contributed by atoms with Crippen molar-refractivity contribution < 1.29 is 9.21 Å². The molecule has 1 heterocycles. The summed E-state index contributed by atoms with van der Waals surface area (Å²) in [5.41, 5.74) is 1.07. The number of carbonyl (C=O) groups is 1. The van der Waals surface area contributed by atoms with Crippen molar-refractivity contribution in [1.82, 2.24) is 4.90 Å². The van der Waals surface area contributed by atoms with Gasteiger partial charge in [0.1, 0.15) is 5.76 Å². The van der Waals surface area contributed by atoms with Crippen molar-refractivity contribution in [2.45, 2.75) is 13.5 Å². The third-order valence-electron chi connectivity index (χ3n) is 2.66. The zero-order chi connectivity index (χ0) is 13.1. The van der Waals surface area contributed by atoms with Crippen LogP contribution in [0.4, 0.5) is 0 Å². The van der Waals surface area contributed by atoms with Gasteiger partial charge in [-0.05, 0) is 30.7 Å². The number of carbonyl (C=O) groups excluding carboxylic acids is 1. The Morgan fingerprint density at radius 2 is 2.00 bits per heavy atom.